The van der Waals surface area contributed by atoms with Crippen molar-refractivity contribution >= 4 is 23.1 Å². The lowest BCUT2D eigenvalue weighted by molar-refractivity contribution is 0.616. The Morgan fingerprint density at radius 2 is 1.90 bits per heavy atom. The number of rotatable bonds is 4. The minimum atomic E-state index is -0.194. The minimum absolute atomic E-state index is 0.194. The van der Waals surface area contributed by atoms with Crippen molar-refractivity contribution in [3.05, 3.63) is 76.6 Å². The molecule has 1 aliphatic rings. The highest BCUT2D eigenvalue weighted by Crippen LogP contribution is 2.23. The number of likely N-dealkylation sites (N-methyl/N-ethyl adjacent to an activating group) is 1. The van der Waals surface area contributed by atoms with Gasteiger partial charge in [-0.25, -0.2) is 19.2 Å². The smallest absolute Gasteiger partial charge is 0.340 e. The van der Waals surface area contributed by atoms with Crippen LogP contribution < -0.4 is 15.9 Å². The van der Waals surface area contributed by atoms with E-state index in [4.69, 9.17) is 11.6 Å². The first-order valence-corrected chi connectivity index (χ1v) is 10.3. The second-order valence-electron chi connectivity index (χ2n) is 7.41. The van der Waals surface area contributed by atoms with Gasteiger partial charge in [0.15, 0.2) is 0 Å². The summed E-state index contributed by atoms with van der Waals surface area (Å²) in [6.07, 6.45) is 4.37. The van der Waals surface area contributed by atoms with Crippen molar-refractivity contribution in [1.29, 1.82) is 0 Å². The SMILES string of the molecule is CNC1CCN(c2ccc(-n3cnc4ccc(-c5ccc(Cl)cc5)n4c3=O)cn2)C1. The predicted molar refractivity (Wildman–Crippen MR) is 119 cm³/mol. The normalized spacial score (nSPS) is 16.5. The van der Waals surface area contributed by atoms with E-state index >= 15 is 0 Å². The molecule has 0 bridgehead atoms. The van der Waals surface area contributed by atoms with E-state index in [1.165, 1.54) is 4.57 Å². The average Bonchev–Trinajstić information content (AvgIpc) is 3.42. The molecule has 5 rings (SSSR count). The molecular formula is C22H21ClN6O. The maximum Gasteiger partial charge on any atom is 0.340 e. The lowest BCUT2D eigenvalue weighted by Crippen LogP contribution is -2.30. The zero-order valence-electron chi connectivity index (χ0n) is 16.5. The predicted octanol–water partition coefficient (Wildman–Crippen LogP) is 3.00. The van der Waals surface area contributed by atoms with Gasteiger partial charge in [-0.2, -0.15) is 0 Å². The zero-order chi connectivity index (χ0) is 20.7. The molecule has 3 aromatic heterocycles. The monoisotopic (exact) mass is 420 g/mol. The highest BCUT2D eigenvalue weighted by molar-refractivity contribution is 6.30. The summed E-state index contributed by atoms with van der Waals surface area (Å²) in [5.41, 5.74) is 2.76. The number of hydrogen-bond donors (Lipinski definition) is 1. The molecule has 1 atom stereocenters. The number of aromatic nitrogens is 4. The van der Waals surface area contributed by atoms with E-state index in [1.54, 1.807) is 16.9 Å². The van der Waals surface area contributed by atoms with Gasteiger partial charge in [-0.1, -0.05) is 23.7 Å². The van der Waals surface area contributed by atoms with Gasteiger partial charge in [0, 0.05) is 24.2 Å². The number of fused-ring (bicyclic) bond motifs is 1. The van der Waals surface area contributed by atoms with Crippen LogP contribution in [0.3, 0.4) is 0 Å². The molecule has 8 heteroatoms. The first-order chi connectivity index (χ1) is 14.6. The molecule has 1 N–H and O–H groups in total. The van der Waals surface area contributed by atoms with Crippen LogP contribution in [0.5, 0.6) is 0 Å². The van der Waals surface area contributed by atoms with Crippen LogP contribution in [0.25, 0.3) is 22.6 Å². The van der Waals surface area contributed by atoms with E-state index < -0.39 is 0 Å². The molecule has 0 spiro atoms. The maximum absolute atomic E-state index is 13.3. The van der Waals surface area contributed by atoms with E-state index in [9.17, 15) is 4.79 Å². The van der Waals surface area contributed by atoms with Crippen LogP contribution in [0.1, 0.15) is 6.42 Å². The van der Waals surface area contributed by atoms with Crippen molar-refractivity contribution in [1.82, 2.24) is 24.3 Å². The number of pyridine rings is 1. The first kappa shape index (κ1) is 18.8. The van der Waals surface area contributed by atoms with Crippen molar-refractivity contribution in [3.8, 4) is 16.9 Å². The van der Waals surface area contributed by atoms with E-state index in [0.717, 1.165) is 36.6 Å². The molecule has 0 saturated carbocycles. The molecule has 0 radical (unpaired) electrons. The standard InChI is InChI=1S/C22H21ClN6O/c1-24-17-10-11-27(13-17)20-8-6-18(12-25-20)28-14-26-21-9-7-19(29(21)22(28)30)15-2-4-16(23)5-3-15/h2-9,12,14,17,24H,10-11,13H2,1H3. The summed E-state index contributed by atoms with van der Waals surface area (Å²) in [6, 6.07) is 15.5. The third kappa shape index (κ3) is 3.26. The van der Waals surface area contributed by atoms with E-state index in [2.05, 4.69) is 20.2 Å². The van der Waals surface area contributed by atoms with Gasteiger partial charge in [0.25, 0.3) is 0 Å². The minimum Gasteiger partial charge on any atom is -0.355 e. The van der Waals surface area contributed by atoms with Gasteiger partial charge in [0.2, 0.25) is 0 Å². The lowest BCUT2D eigenvalue weighted by Gasteiger charge is -2.17. The van der Waals surface area contributed by atoms with Crippen molar-refractivity contribution in [2.45, 2.75) is 12.5 Å². The Labute approximate surface area is 178 Å². The van der Waals surface area contributed by atoms with Crippen LogP contribution in [0.4, 0.5) is 5.82 Å². The third-order valence-electron chi connectivity index (χ3n) is 5.63. The molecule has 1 aliphatic heterocycles. The van der Waals surface area contributed by atoms with Gasteiger partial charge in [0.1, 0.15) is 17.8 Å². The molecule has 1 aromatic carbocycles. The number of nitrogens with zero attached hydrogens (tertiary/aromatic N) is 5. The van der Waals surface area contributed by atoms with Crippen LogP contribution in [-0.4, -0.2) is 45.1 Å². The molecule has 0 amide bonds. The maximum atomic E-state index is 13.3. The Morgan fingerprint density at radius 3 is 2.60 bits per heavy atom. The van der Waals surface area contributed by atoms with Crippen LogP contribution in [0.2, 0.25) is 5.02 Å². The fourth-order valence-electron chi connectivity index (χ4n) is 3.94. The summed E-state index contributed by atoms with van der Waals surface area (Å²) in [6.45, 7) is 1.91. The Kier molecular flexibility index (Phi) is 4.77. The number of benzene rings is 1. The second kappa shape index (κ2) is 7.59. The van der Waals surface area contributed by atoms with E-state index in [1.807, 2.05) is 55.6 Å². The van der Waals surface area contributed by atoms with Crippen LogP contribution >= 0.6 is 11.6 Å². The highest BCUT2D eigenvalue weighted by Gasteiger charge is 2.22. The Bertz CT molecular complexity index is 1250. The summed E-state index contributed by atoms with van der Waals surface area (Å²) >= 11 is 6.00. The average molecular weight is 421 g/mol. The summed E-state index contributed by atoms with van der Waals surface area (Å²) in [4.78, 5) is 24.6. The third-order valence-corrected chi connectivity index (χ3v) is 5.89. The summed E-state index contributed by atoms with van der Waals surface area (Å²) in [7, 11) is 1.99. The van der Waals surface area contributed by atoms with Gasteiger partial charge in [-0.05, 0) is 55.4 Å². The summed E-state index contributed by atoms with van der Waals surface area (Å²) in [5, 5.41) is 3.96. The fourth-order valence-corrected chi connectivity index (χ4v) is 4.06. The first-order valence-electron chi connectivity index (χ1n) is 9.88. The number of hydrogen-bond acceptors (Lipinski definition) is 5. The largest absolute Gasteiger partial charge is 0.355 e. The Balaban J connectivity index is 1.52. The van der Waals surface area contributed by atoms with Gasteiger partial charge in [-0.3, -0.25) is 4.57 Å². The molecular weight excluding hydrogens is 400 g/mol. The van der Waals surface area contributed by atoms with E-state index in [0.29, 0.717) is 22.4 Å². The molecule has 7 nitrogen and oxygen atoms in total. The molecule has 4 aromatic rings. The topological polar surface area (TPSA) is 67.5 Å². The quantitative estimate of drug-likeness (QED) is 0.549. The summed E-state index contributed by atoms with van der Waals surface area (Å²) < 4.78 is 3.12. The fraction of sp³-hybridized carbons (Fsp3) is 0.227. The van der Waals surface area contributed by atoms with Crippen molar-refractivity contribution in [3.63, 3.8) is 0 Å². The number of halogens is 1. The van der Waals surface area contributed by atoms with Gasteiger partial charge < -0.3 is 10.2 Å². The van der Waals surface area contributed by atoms with E-state index in [-0.39, 0.29) is 5.69 Å². The molecule has 1 saturated heterocycles. The number of nitrogens with one attached hydrogen (secondary N) is 1. The molecule has 152 valence electrons. The Morgan fingerprint density at radius 1 is 1.07 bits per heavy atom. The van der Waals surface area contributed by atoms with Crippen molar-refractivity contribution in [2.75, 3.05) is 25.0 Å². The molecule has 0 aliphatic carbocycles. The van der Waals surface area contributed by atoms with Crippen LogP contribution in [-0.2, 0) is 0 Å². The van der Waals surface area contributed by atoms with Gasteiger partial charge in [-0.15, -0.1) is 0 Å². The van der Waals surface area contributed by atoms with Gasteiger partial charge in [0.05, 0.1) is 17.6 Å². The molecule has 1 unspecified atom stereocenters. The van der Waals surface area contributed by atoms with Crippen LogP contribution in [0, 0.1) is 0 Å². The van der Waals surface area contributed by atoms with Crippen molar-refractivity contribution in [2.24, 2.45) is 0 Å². The molecule has 30 heavy (non-hydrogen) atoms. The lowest BCUT2D eigenvalue weighted by atomic mass is 10.1. The van der Waals surface area contributed by atoms with Crippen LogP contribution in [0.15, 0.2) is 65.8 Å². The molecule has 4 heterocycles. The highest BCUT2D eigenvalue weighted by atomic mass is 35.5. The molecule has 1 fully saturated rings. The van der Waals surface area contributed by atoms with Gasteiger partial charge >= 0.3 is 5.69 Å². The number of anilines is 1. The Hall–Kier alpha value is -3.16. The summed E-state index contributed by atoms with van der Waals surface area (Å²) in [5.74, 6) is 0.918. The zero-order valence-corrected chi connectivity index (χ0v) is 17.3. The van der Waals surface area contributed by atoms with Crippen molar-refractivity contribution < 1.29 is 0 Å². The second-order valence-corrected chi connectivity index (χ2v) is 7.85.